The van der Waals surface area contributed by atoms with Crippen LogP contribution in [0.1, 0.15) is 33.1 Å². The molecule has 2 N–H and O–H groups in total. The lowest BCUT2D eigenvalue weighted by Gasteiger charge is -2.40. The van der Waals surface area contributed by atoms with Crippen LogP contribution in [-0.4, -0.2) is 43.8 Å². The highest BCUT2D eigenvalue weighted by Gasteiger charge is 2.32. The Morgan fingerprint density at radius 3 is 2.76 bits per heavy atom. The first-order valence-electron chi connectivity index (χ1n) is 7.22. The number of nitrogens with zero attached hydrogens (tertiary/aromatic N) is 1. The van der Waals surface area contributed by atoms with Crippen molar-refractivity contribution in [2.75, 3.05) is 32.8 Å². The third kappa shape index (κ3) is 3.67. The van der Waals surface area contributed by atoms with E-state index in [9.17, 15) is 0 Å². The molecule has 0 aromatic carbocycles. The largest absolute Gasteiger partial charge is 0.380 e. The molecular weight excluding hydrogens is 212 g/mol. The standard InChI is InChI=1S/C14H28N2O/c1-11-8-12(2)13(14(15)9-11)10-16-4-3-6-17-7-5-16/h11-14H,3-10,15H2,1-2H3. The van der Waals surface area contributed by atoms with E-state index in [1.807, 2.05) is 0 Å². The fraction of sp³-hybridized carbons (Fsp3) is 1.00. The molecule has 2 rings (SSSR count). The monoisotopic (exact) mass is 240 g/mol. The van der Waals surface area contributed by atoms with E-state index in [0.29, 0.717) is 12.0 Å². The van der Waals surface area contributed by atoms with Gasteiger partial charge in [-0.3, -0.25) is 0 Å². The molecule has 1 aliphatic carbocycles. The van der Waals surface area contributed by atoms with E-state index in [2.05, 4.69) is 18.7 Å². The summed E-state index contributed by atoms with van der Waals surface area (Å²) >= 11 is 0. The Morgan fingerprint density at radius 1 is 1.18 bits per heavy atom. The molecule has 100 valence electrons. The lowest BCUT2D eigenvalue weighted by molar-refractivity contribution is 0.107. The van der Waals surface area contributed by atoms with Gasteiger partial charge in [0.1, 0.15) is 0 Å². The topological polar surface area (TPSA) is 38.5 Å². The van der Waals surface area contributed by atoms with E-state index < -0.39 is 0 Å². The Balaban J connectivity index is 1.87. The van der Waals surface area contributed by atoms with Gasteiger partial charge in [-0.1, -0.05) is 13.8 Å². The quantitative estimate of drug-likeness (QED) is 0.799. The molecule has 1 saturated heterocycles. The van der Waals surface area contributed by atoms with Gasteiger partial charge in [-0.15, -0.1) is 0 Å². The summed E-state index contributed by atoms with van der Waals surface area (Å²) in [6.07, 6.45) is 3.73. The first-order valence-corrected chi connectivity index (χ1v) is 7.22. The molecule has 0 bridgehead atoms. The zero-order valence-electron chi connectivity index (χ0n) is 11.4. The van der Waals surface area contributed by atoms with Crippen LogP contribution in [0.2, 0.25) is 0 Å². The molecule has 1 heterocycles. The summed E-state index contributed by atoms with van der Waals surface area (Å²) in [6, 6.07) is 0.401. The van der Waals surface area contributed by atoms with Crippen LogP contribution in [0.15, 0.2) is 0 Å². The van der Waals surface area contributed by atoms with E-state index >= 15 is 0 Å². The molecule has 3 heteroatoms. The molecule has 1 saturated carbocycles. The van der Waals surface area contributed by atoms with Gasteiger partial charge < -0.3 is 15.4 Å². The predicted molar refractivity (Wildman–Crippen MR) is 70.9 cm³/mol. The average molecular weight is 240 g/mol. The summed E-state index contributed by atoms with van der Waals surface area (Å²) in [5, 5.41) is 0. The zero-order valence-corrected chi connectivity index (χ0v) is 11.4. The number of ether oxygens (including phenoxy) is 1. The van der Waals surface area contributed by atoms with Gasteiger partial charge in [-0.25, -0.2) is 0 Å². The number of nitrogens with two attached hydrogens (primary N) is 1. The van der Waals surface area contributed by atoms with Crippen LogP contribution in [-0.2, 0) is 4.74 Å². The van der Waals surface area contributed by atoms with Crippen molar-refractivity contribution in [1.29, 1.82) is 0 Å². The summed E-state index contributed by atoms with van der Waals surface area (Å²) < 4.78 is 5.51. The Kier molecular flexibility index (Phi) is 4.83. The van der Waals surface area contributed by atoms with Crippen LogP contribution in [0.25, 0.3) is 0 Å². The zero-order chi connectivity index (χ0) is 12.3. The van der Waals surface area contributed by atoms with Crippen molar-refractivity contribution in [3.8, 4) is 0 Å². The van der Waals surface area contributed by atoms with E-state index in [0.717, 1.165) is 31.6 Å². The van der Waals surface area contributed by atoms with Crippen molar-refractivity contribution < 1.29 is 4.74 Å². The molecule has 1 aliphatic heterocycles. The molecular formula is C14H28N2O. The van der Waals surface area contributed by atoms with Crippen molar-refractivity contribution in [1.82, 2.24) is 4.90 Å². The minimum absolute atomic E-state index is 0.401. The molecule has 0 aromatic heterocycles. The highest BCUT2D eigenvalue weighted by Crippen LogP contribution is 2.33. The maximum absolute atomic E-state index is 6.36. The highest BCUT2D eigenvalue weighted by atomic mass is 16.5. The molecule has 3 nitrogen and oxygen atoms in total. The normalized spacial score (nSPS) is 41.1. The molecule has 0 radical (unpaired) electrons. The summed E-state index contributed by atoms with van der Waals surface area (Å²) in [5.74, 6) is 2.27. The Labute approximate surface area is 106 Å². The number of hydrogen-bond acceptors (Lipinski definition) is 3. The Morgan fingerprint density at radius 2 is 2.00 bits per heavy atom. The molecule has 4 atom stereocenters. The van der Waals surface area contributed by atoms with Crippen molar-refractivity contribution in [3.63, 3.8) is 0 Å². The summed E-state index contributed by atoms with van der Waals surface area (Å²) in [7, 11) is 0. The van der Waals surface area contributed by atoms with Crippen molar-refractivity contribution in [2.24, 2.45) is 23.5 Å². The Hall–Kier alpha value is -0.120. The second-order valence-corrected chi connectivity index (χ2v) is 6.15. The first-order chi connectivity index (χ1) is 8.16. The Bertz CT molecular complexity index is 214. The fourth-order valence-electron chi connectivity index (χ4n) is 3.56. The highest BCUT2D eigenvalue weighted by molar-refractivity contribution is 4.87. The lowest BCUT2D eigenvalue weighted by atomic mass is 9.72. The lowest BCUT2D eigenvalue weighted by Crippen LogP contribution is -2.47. The summed E-state index contributed by atoms with van der Waals surface area (Å²) in [4.78, 5) is 2.56. The second-order valence-electron chi connectivity index (χ2n) is 6.15. The van der Waals surface area contributed by atoms with Crippen LogP contribution >= 0.6 is 0 Å². The first kappa shape index (κ1) is 13.3. The number of hydrogen-bond donors (Lipinski definition) is 1. The SMILES string of the molecule is CC1CC(C)C(CN2CCCOCC2)C(N)C1. The van der Waals surface area contributed by atoms with Crippen molar-refractivity contribution >= 4 is 0 Å². The maximum Gasteiger partial charge on any atom is 0.0593 e. The average Bonchev–Trinajstić information content (AvgIpc) is 2.51. The van der Waals surface area contributed by atoms with Crippen LogP contribution in [0.5, 0.6) is 0 Å². The van der Waals surface area contributed by atoms with Crippen molar-refractivity contribution in [3.05, 3.63) is 0 Å². The molecule has 0 spiro atoms. The molecule has 0 aromatic rings. The molecule has 17 heavy (non-hydrogen) atoms. The van der Waals surface area contributed by atoms with E-state index in [1.165, 1.54) is 32.4 Å². The van der Waals surface area contributed by atoms with Crippen LogP contribution < -0.4 is 5.73 Å². The van der Waals surface area contributed by atoms with Gasteiger partial charge in [0.05, 0.1) is 6.61 Å². The minimum Gasteiger partial charge on any atom is -0.380 e. The minimum atomic E-state index is 0.401. The molecule has 4 unspecified atom stereocenters. The summed E-state index contributed by atoms with van der Waals surface area (Å²) in [6.45, 7) is 10.0. The third-order valence-electron chi connectivity index (χ3n) is 4.51. The van der Waals surface area contributed by atoms with Gasteiger partial charge in [0, 0.05) is 32.3 Å². The smallest absolute Gasteiger partial charge is 0.0593 e. The number of rotatable bonds is 2. The predicted octanol–water partition coefficient (Wildman–Crippen LogP) is 1.72. The van der Waals surface area contributed by atoms with E-state index in [4.69, 9.17) is 10.5 Å². The van der Waals surface area contributed by atoms with Crippen molar-refractivity contribution in [2.45, 2.75) is 39.2 Å². The third-order valence-corrected chi connectivity index (χ3v) is 4.51. The maximum atomic E-state index is 6.36. The summed E-state index contributed by atoms with van der Waals surface area (Å²) in [5.41, 5.74) is 6.36. The molecule has 0 amide bonds. The van der Waals surface area contributed by atoms with Crippen LogP contribution in [0, 0.1) is 17.8 Å². The van der Waals surface area contributed by atoms with E-state index in [1.54, 1.807) is 0 Å². The van der Waals surface area contributed by atoms with Crippen LogP contribution in [0.4, 0.5) is 0 Å². The molecule has 2 fully saturated rings. The van der Waals surface area contributed by atoms with Gasteiger partial charge in [-0.2, -0.15) is 0 Å². The fourth-order valence-corrected chi connectivity index (χ4v) is 3.56. The van der Waals surface area contributed by atoms with Gasteiger partial charge >= 0.3 is 0 Å². The molecule has 2 aliphatic rings. The van der Waals surface area contributed by atoms with E-state index in [-0.39, 0.29) is 0 Å². The van der Waals surface area contributed by atoms with Gasteiger partial charge in [0.15, 0.2) is 0 Å². The van der Waals surface area contributed by atoms with Gasteiger partial charge in [-0.05, 0) is 37.0 Å². The van der Waals surface area contributed by atoms with Gasteiger partial charge in [0.25, 0.3) is 0 Å². The van der Waals surface area contributed by atoms with Gasteiger partial charge in [0.2, 0.25) is 0 Å². The second kappa shape index (κ2) is 6.17. The van der Waals surface area contributed by atoms with Crippen LogP contribution in [0.3, 0.4) is 0 Å².